The van der Waals surface area contributed by atoms with Crippen molar-refractivity contribution < 1.29 is 0 Å². The number of aromatic amines is 1. The first kappa shape index (κ1) is 21.0. The quantitative estimate of drug-likeness (QED) is 0.476. The minimum absolute atomic E-state index is 0. The second-order valence-electron chi connectivity index (χ2n) is 6.65. The first-order valence-electron chi connectivity index (χ1n) is 8.55. The molecule has 1 saturated heterocycles. The fourth-order valence-electron chi connectivity index (χ4n) is 3.17. The maximum absolute atomic E-state index is 12.5. The molecule has 10 heteroatoms. The van der Waals surface area contributed by atoms with Crippen LogP contribution in [0.2, 0.25) is 0 Å². The molecule has 1 atom stereocenters. The lowest BCUT2D eigenvalue weighted by molar-refractivity contribution is 0.750. The minimum Gasteiger partial charge on any atom is -0.339 e. The number of fused-ring (bicyclic) bond motifs is 1. The van der Waals surface area contributed by atoms with E-state index in [-0.39, 0.29) is 24.0 Å². The number of nitrogens with one attached hydrogen (secondary N) is 2. The van der Waals surface area contributed by atoms with Crippen LogP contribution in [0.25, 0.3) is 10.9 Å². The predicted molar refractivity (Wildman–Crippen MR) is 122 cm³/mol. The summed E-state index contributed by atoms with van der Waals surface area (Å²) in [6.45, 7) is 3.50. The highest BCUT2D eigenvalue weighted by molar-refractivity contribution is 9.11. The molecule has 0 amide bonds. The standard InChI is InChI=1S/C18H18Br2N6O.ClH/c1-9-6-11(2-3-12(9)19)23-16-14-15(13(20)7-22-17(14)27)24-18(25-16)26-5-4-10(21)8-26;/h2-3,6-7,10H,4-5,8,21H2,1H3,(H,22,27)(H,23,24,25);1H/t10-;/m1./s1. The molecule has 0 bridgehead atoms. The van der Waals surface area contributed by atoms with Gasteiger partial charge in [0.2, 0.25) is 5.95 Å². The molecular weight excluding hydrogens is 512 g/mol. The topological polar surface area (TPSA) is 99.9 Å². The molecule has 3 heterocycles. The Balaban J connectivity index is 0.00000225. The smallest absolute Gasteiger partial charge is 0.261 e. The van der Waals surface area contributed by atoms with Gasteiger partial charge < -0.3 is 20.9 Å². The van der Waals surface area contributed by atoms with Crippen LogP contribution in [-0.2, 0) is 0 Å². The van der Waals surface area contributed by atoms with E-state index in [9.17, 15) is 4.79 Å². The van der Waals surface area contributed by atoms with Crippen LogP contribution in [0.15, 0.2) is 38.1 Å². The molecule has 3 aromatic rings. The van der Waals surface area contributed by atoms with Crippen LogP contribution in [0, 0.1) is 6.92 Å². The van der Waals surface area contributed by atoms with Crippen molar-refractivity contribution in [3.63, 3.8) is 0 Å². The number of nitrogens with zero attached hydrogens (tertiary/aromatic N) is 3. The number of benzene rings is 1. The first-order chi connectivity index (χ1) is 12.9. The van der Waals surface area contributed by atoms with Gasteiger partial charge in [-0.3, -0.25) is 4.79 Å². The van der Waals surface area contributed by atoms with Crippen molar-refractivity contribution in [3.8, 4) is 0 Å². The molecule has 4 N–H and O–H groups in total. The van der Waals surface area contributed by atoms with Gasteiger partial charge in [-0.1, -0.05) is 15.9 Å². The third-order valence-corrected chi connectivity index (χ3v) is 6.10. The Hall–Kier alpha value is -1.68. The summed E-state index contributed by atoms with van der Waals surface area (Å²) < 4.78 is 1.73. The molecule has 4 rings (SSSR count). The van der Waals surface area contributed by atoms with Gasteiger partial charge in [0.25, 0.3) is 5.56 Å². The molecule has 1 aliphatic rings. The summed E-state index contributed by atoms with van der Waals surface area (Å²) >= 11 is 6.99. The summed E-state index contributed by atoms with van der Waals surface area (Å²) in [5, 5.41) is 3.70. The summed E-state index contributed by atoms with van der Waals surface area (Å²) in [5.74, 6) is 1.04. The molecule has 0 radical (unpaired) electrons. The monoisotopic (exact) mass is 528 g/mol. The van der Waals surface area contributed by atoms with E-state index in [1.165, 1.54) is 0 Å². The van der Waals surface area contributed by atoms with Crippen molar-refractivity contribution in [2.24, 2.45) is 5.73 Å². The van der Waals surface area contributed by atoms with E-state index in [1.54, 1.807) is 6.20 Å². The number of anilines is 3. The molecule has 0 aliphatic carbocycles. The molecule has 0 spiro atoms. The molecule has 2 aromatic heterocycles. The van der Waals surface area contributed by atoms with E-state index in [4.69, 9.17) is 5.73 Å². The molecule has 0 saturated carbocycles. The number of halogens is 3. The number of rotatable bonds is 3. The van der Waals surface area contributed by atoms with Crippen molar-refractivity contribution in [1.82, 2.24) is 15.0 Å². The highest BCUT2D eigenvalue weighted by Crippen LogP contribution is 2.30. The zero-order chi connectivity index (χ0) is 19.1. The maximum atomic E-state index is 12.5. The zero-order valence-corrected chi connectivity index (χ0v) is 19.0. The third-order valence-electron chi connectivity index (χ3n) is 4.61. The zero-order valence-electron chi connectivity index (χ0n) is 15.0. The number of H-pyrrole nitrogens is 1. The van der Waals surface area contributed by atoms with Crippen LogP contribution in [-0.4, -0.2) is 34.1 Å². The average molecular weight is 531 g/mol. The highest BCUT2D eigenvalue weighted by Gasteiger charge is 2.24. The van der Waals surface area contributed by atoms with Crippen LogP contribution in [0.1, 0.15) is 12.0 Å². The Kier molecular flexibility index (Phi) is 6.28. The van der Waals surface area contributed by atoms with Crippen LogP contribution in [0.4, 0.5) is 17.5 Å². The Morgan fingerprint density at radius 2 is 2.07 bits per heavy atom. The molecule has 7 nitrogen and oxygen atoms in total. The van der Waals surface area contributed by atoms with E-state index in [0.717, 1.165) is 28.7 Å². The second-order valence-corrected chi connectivity index (χ2v) is 8.35. The van der Waals surface area contributed by atoms with Crippen molar-refractivity contribution in [2.45, 2.75) is 19.4 Å². The normalized spacial score (nSPS) is 16.3. The highest BCUT2D eigenvalue weighted by atomic mass is 79.9. The Morgan fingerprint density at radius 3 is 2.75 bits per heavy atom. The van der Waals surface area contributed by atoms with Crippen molar-refractivity contribution in [2.75, 3.05) is 23.3 Å². The molecule has 1 aliphatic heterocycles. The fourth-order valence-corrected chi connectivity index (χ4v) is 3.81. The largest absolute Gasteiger partial charge is 0.339 e. The lowest BCUT2D eigenvalue weighted by atomic mass is 10.2. The Morgan fingerprint density at radius 1 is 1.29 bits per heavy atom. The van der Waals surface area contributed by atoms with Crippen LogP contribution in [0.3, 0.4) is 0 Å². The third kappa shape index (κ3) is 4.03. The maximum Gasteiger partial charge on any atom is 0.261 e. The van der Waals surface area contributed by atoms with Gasteiger partial charge in [0.1, 0.15) is 11.2 Å². The van der Waals surface area contributed by atoms with E-state index in [1.807, 2.05) is 25.1 Å². The van der Waals surface area contributed by atoms with Gasteiger partial charge >= 0.3 is 0 Å². The number of pyridine rings is 1. The molecule has 28 heavy (non-hydrogen) atoms. The summed E-state index contributed by atoms with van der Waals surface area (Å²) in [4.78, 5) is 26.6. The SMILES string of the molecule is Cc1cc(Nc2nc(N3CC[C@@H](N)C3)nc3c(Br)c[nH]c(=O)c23)ccc1Br.Cl. The van der Waals surface area contributed by atoms with E-state index < -0.39 is 0 Å². The van der Waals surface area contributed by atoms with Gasteiger partial charge in [-0.25, -0.2) is 4.98 Å². The van der Waals surface area contributed by atoms with Crippen LogP contribution in [0.5, 0.6) is 0 Å². The number of hydrogen-bond donors (Lipinski definition) is 3. The van der Waals surface area contributed by atoms with E-state index >= 15 is 0 Å². The number of aryl methyl sites for hydroxylation is 1. The van der Waals surface area contributed by atoms with Gasteiger partial charge in [0, 0.05) is 35.5 Å². The Labute approximate surface area is 184 Å². The van der Waals surface area contributed by atoms with Gasteiger partial charge in [0.15, 0.2) is 0 Å². The van der Waals surface area contributed by atoms with Crippen LogP contribution < -0.4 is 21.5 Å². The van der Waals surface area contributed by atoms with Gasteiger partial charge in [-0.2, -0.15) is 4.98 Å². The summed E-state index contributed by atoms with van der Waals surface area (Å²) in [6, 6.07) is 6.00. The van der Waals surface area contributed by atoms with Gasteiger partial charge in [0.05, 0.1) is 9.99 Å². The summed E-state index contributed by atoms with van der Waals surface area (Å²) in [6.07, 6.45) is 2.50. The predicted octanol–water partition coefficient (Wildman–Crippen LogP) is 3.85. The number of hydrogen-bond acceptors (Lipinski definition) is 6. The summed E-state index contributed by atoms with van der Waals surface area (Å²) in [5.41, 5.74) is 8.30. The molecule has 1 fully saturated rings. The molecule has 0 unspecified atom stereocenters. The van der Waals surface area contributed by atoms with Crippen molar-refractivity contribution in [1.29, 1.82) is 0 Å². The van der Waals surface area contributed by atoms with E-state index in [2.05, 4.69) is 57.0 Å². The molecule has 1 aromatic carbocycles. The number of nitrogens with two attached hydrogens (primary N) is 1. The van der Waals surface area contributed by atoms with Crippen molar-refractivity contribution in [3.05, 3.63) is 49.3 Å². The summed E-state index contributed by atoms with van der Waals surface area (Å²) in [7, 11) is 0. The lowest BCUT2D eigenvalue weighted by Crippen LogP contribution is -2.28. The lowest BCUT2D eigenvalue weighted by Gasteiger charge is -2.18. The van der Waals surface area contributed by atoms with Crippen molar-refractivity contribution >= 4 is 72.6 Å². The molecule has 148 valence electrons. The Bertz CT molecular complexity index is 1090. The first-order valence-corrected chi connectivity index (χ1v) is 10.1. The fraction of sp³-hybridized carbons (Fsp3) is 0.278. The van der Waals surface area contributed by atoms with Gasteiger partial charge in [-0.15, -0.1) is 12.4 Å². The number of aromatic nitrogens is 3. The second kappa shape index (κ2) is 8.36. The van der Waals surface area contributed by atoms with E-state index in [0.29, 0.717) is 33.7 Å². The average Bonchev–Trinajstić information content (AvgIpc) is 3.07. The van der Waals surface area contributed by atoms with Gasteiger partial charge in [-0.05, 0) is 53.0 Å². The molecular formula is C18H19Br2ClN6O. The van der Waals surface area contributed by atoms with Crippen LogP contribution >= 0.6 is 44.3 Å². The minimum atomic E-state index is -0.241.